The second kappa shape index (κ2) is 15.6. The molecule has 4 nitrogen and oxygen atoms in total. The number of hydrogen-bond acceptors (Lipinski definition) is 3. The Balaban J connectivity index is 1.89. The van der Waals surface area contributed by atoms with Gasteiger partial charge in [0.15, 0.2) is 0 Å². The van der Waals surface area contributed by atoms with E-state index in [4.69, 9.17) is 9.05 Å². The first-order valence-corrected chi connectivity index (χ1v) is 21.6. The van der Waals surface area contributed by atoms with Crippen molar-refractivity contribution in [1.29, 1.82) is 0 Å². The number of phosphoric acid groups is 1. The van der Waals surface area contributed by atoms with Crippen LogP contribution in [0.1, 0.15) is 123 Å². The van der Waals surface area contributed by atoms with Crippen LogP contribution in [-0.4, -0.2) is 4.89 Å². The zero-order valence-electron chi connectivity index (χ0n) is 34.9. The normalized spacial score (nSPS) is 16.5. The summed E-state index contributed by atoms with van der Waals surface area (Å²) >= 11 is 0. The summed E-state index contributed by atoms with van der Waals surface area (Å²) in [6.07, 6.45) is 4.20. The Morgan fingerprint density at radius 2 is 1.15 bits per heavy atom. The lowest BCUT2D eigenvalue weighted by Crippen LogP contribution is -2.07. The lowest BCUT2D eigenvalue weighted by Gasteiger charge is -2.26. The van der Waals surface area contributed by atoms with Gasteiger partial charge in [0.25, 0.3) is 0 Å². The summed E-state index contributed by atoms with van der Waals surface area (Å²) in [7, 11) is -4.75. The maximum Gasteiger partial charge on any atom is 0.584 e. The molecule has 1 heterocycles. The largest absolute Gasteiger partial charge is 0.584 e. The molecule has 288 valence electrons. The van der Waals surface area contributed by atoms with E-state index in [0.717, 1.165) is 66.1 Å². The molecule has 6 rings (SSSR count). The molecule has 5 aromatic rings. The summed E-state index contributed by atoms with van der Waals surface area (Å²) in [6.45, 7) is 30.6. The molecule has 5 heteroatoms. The van der Waals surface area contributed by atoms with Crippen LogP contribution < -0.4 is 9.05 Å². The van der Waals surface area contributed by atoms with E-state index in [1.165, 1.54) is 16.7 Å². The van der Waals surface area contributed by atoms with Crippen LogP contribution in [0.15, 0.2) is 103 Å². The summed E-state index contributed by atoms with van der Waals surface area (Å²) in [5.41, 5.74) is 11.2. The minimum atomic E-state index is -4.75. The van der Waals surface area contributed by atoms with E-state index in [9.17, 15) is 9.46 Å². The molecule has 1 aliphatic rings. The van der Waals surface area contributed by atoms with Crippen molar-refractivity contribution in [2.75, 3.05) is 0 Å². The second-order valence-corrected chi connectivity index (χ2v) is 18.4. The van der Waals surface area contributed by atoms with Gasteiger partial charge in [-0.3, -0.25) is 4.89 Å². The highest BCUT2D eigenvalue weighted by Crippen LogP contribution is 2.62. The third kappa shape index (κ3) is 7.61. The van der Waals surface area contributed by atoms with E-state index in [0.29, 0.717) is 17.4 Å². The van der Waals surface area contributed by atoms with E-state index in [1.807, 2.05) is 18.2 Å². The van der Waals surface area contributed by atoms with Crippen LogP contribution in [0.4, 0.5) is 0 Å². The first kappa shape index (κ1) is 40.3. The lowest BCUT2D eigenvalue weighted by molar-refractivity contribution is 0.294. The van der Waals surface area contributed by atoms with Crippen LogP contribution in [-0.2, 0) is 4.57 Å². The van der Waals surface area contributed by atoms with Gasteiger partial charge in [0.1, 0.15) is 11.5 Å². The van der Waals surface area contributed by atoms with Gasteiger partial charge in [-0.15, -0.1) is 0 Å². The molecule has 1 unspecified atom stereocenters. The third-order valence-electron chi connectivity index (χ3n) is 11.1. The smallest absolute Gasteiger partial charge is 0.394 e. The zero-order chi connectivity index (χ0) is 40.1. The standard InChI is InChI=1S/C50H59O4P/c1-14-34(28(2)3)23-40(30(6)7)45(33(12)13)43-24-35-19-15-17-21-38(35)47-48-39-22-18-16-20-36(39)25-44(50(48)54-55(51,52)53-49(43)47)46-41(31(8)9)26-37(29(4)5)27-42(46)32(10)11/h14-33H,1H2,2-13H3,(H,51,52)/b34-23+,45-40-. The lowest BCUT2D eigenvalue weighted by atomic mass is 9.79. The van der Waals surface area contributed by atoms with Gasteiger partial charge in [0, 0.05) is 22.3 Å². The highest BCUT2D eigenvalue weighted by atomic mass is 31.2. The molecule has 0 spiro atoms. The predicted octanol–water partition coefficient (Wildman–Crippen LogP) is 15.4. The second-order valence-electron chi connectivity index (χ2n) is 17.1. The molecule has 0 bridgehead atoms. The Hall–Kier alpha value is -4.37. The summed E-state index contributed by atoms with van der Waals surface area (Å²) in [5, 5.41) is 3.89. The Bertz CT molecular complexity index is 2370. The van der Waals surface area contributed by atoms with Crippen molar-refractivity contribution >= 4 is 34.9 Å². The minimum absolute atomic E-state index is 0.0483. The number of hydrogen-bond donors (Lipinski definition) is 1. The summed E-state index contributed by atoms with van der Waals surface area (Å²) in [6, 6.07) is 25.5. The van der Waals surface area contributed by atoms with Gasteiger partial charge < -0.3 is 9.05 Å². The number of rotatable bonds is 10. The Labute approximate surface area is 329 Å². The number of fused-ring (bicyclic) bond motifs is 7. The van der Waals surface area contributed by atoms with Gasteiger partial charge in [-0.2, -0.15) is 0 Å². The van der Waals surface area contributed by atoms with Crippen LogP contribution in [0.25, 0.3) is 49.4 Å². The predicted molar refractivity (Wildman–Crippen MR) is 235 cm³/mol. The third-order valence-corrected chi connectivity index (χ3v) is 11.9. The van der Waals surface area contributed by atoms with E-state index in [-0.39, 0.29) is 29.6 Å². The topological polar surface area (TPSA) is 55.8 Å². The van der Waals surface area contributed by atoms with Gasteiger partial charge in [0.05, 0.1) is 0 Å². The van der Waals surface area contributed by atoms with E-state index in [2.05, 4.69) is 156 Å². The monoisotopic (exact) mass is 754 g/mol. The van der Waals surface area contributed by atoms with Crippen molar-refractivity contribution in [2.24, 2.45) is 17.8 Å². The fourth-order valence-electron chi connectivity index (χ4n) is 8.24. The molecule has 0 aromatic heterocycles. The Kier molecular flexibility index (Phi) is 11.5. The molecule has 0 saturated carbocycles. The quantitative estimate of drug-likeness (QED) is 0.114. The summed E-state index contributed by atoms with van der Waals surface area (Å²) in [4.78, 5) is 12.0. The van der Waals surface area contributed by atoms with Crippen molar-refractivity contribution in [1.82, 2.24) is 0 Å². The van der Waals surface area contributed by atoms with E-state index < -0.39 is 7.82 Å². The zero-order valence-corrected chi connectivity index (χ0v) is 35.8. The molecule has 0 aliphatic carbocycles. The van der Waals surface area contributed by atoms with Crippen LogP contribution in [0.5, 0.6) is 11.5 Å². The molecule has 1 atom stereocenters. The molecule has 55 heavy (non-hydrogen) atoms. The maximum absolute atomic E-state index is 14.6. The first-order valence-electron chi connectivity index (χ1n) is 20.1. The maximum atomic E-state index is 14.6. The van der Waals surface area contributed by atoms with Gasteiger partial charge >= 0.3 is 7.82 Å². The molecule has 0 saturated heterocycles. The van der Waals surface area contributed by atoms with Gasteiger partial charge in [-0.05, 0) is 108 Å². The van der Waals surface area contributed by atoms with Crippen molar-refractivity contribution in [3.63, 3.8) is 0 Å². The van der Waals surface area contributed by atoms with Crippen LogP contribution in [0.2, 0.25) is 0 Å². The number of phosphoric ester groups is 1. The van der Waals surface area contributed by atoms with E-state index >= 15 is 0 Å². The molecule has 0 radical (unpaired) electrons. The highest BCUT2D eigenvalue weighted by molar-refractivity contribution is 7.48. The van der Waals surface area contributed by atoms with Gasteiger partial charge in [-0.1, -0.05) is 162 Å². The first-order chi connectivity index (χ1) is 25.9. The minimum Gasteiger partial charge on any atom is -0.394 e. The highest BCUT2D eigenvalue weighted by Gasteiger charge is 2.39. The van der Waals surface area contributed by atoms with Crippen molar-refractivity contribution in [3.05, 3.63) is 125 Å². The molecular weight excluding hydrogens is 696 g/mol. The molecule has 5 aromatic carbocycles. The van der Waals surface area contributed by atoms with E-state index in [1.54, 1.807) is 0 Å². The van der Waals surface area contributed by atoms with Gasteiger partial charge in [0.2, 0.25) is 0 Å². The number of allylic oxidation sites excluding steroid dienone is 5. The van der Waals surface area contributed by atoms with Crippen molar-refractivity contribution in [2.45, 2.75) is 101 Å². The fourth-order valence-corrected chi connectivity index (χ4v) is 9.12. The summed E-state index contributed by atoms with van der Waals surface area (Å²) in [5.74, 6) is 1.92. The van der Waals surface area contributed by atoms with Crippen LogP contribution in [0.3, 0.4) is 0 Å². The Morgan fingerprint density at radius 1 is 0.636 bits per heavy atom. The van der Waals surface area contributed by atoms with Crippen LogP contribution in [0, 0.1) is 17.8 Å². The fraction of sp³-hybridized carbons (Fsp3) is 0.360. The molecule has 1 aliphatic heterocycles. The molecule has 1 N–H and O–H groups in total. The molecule has 0 fully saturated rings. The average molecular weight is 755 g/mol. The Morgan fingerprint density at radius 3 is 1.62 bits per heavy atom. The average Bonchev–Trinajstić information content (AvgIpc) is 3.25. The number of benzene rings is 5. The molecular formula is C50H59O4P. The molecule has 0 amide bonds. The van der Waals surface area contributed by atoms with Crippen molar-refractivity contribution in [3.8, 4) is 33.8 Å². The SMILES string of the molecule is C=C/C(=C\C(=C(\c1cc2ccccc2c2c1OP(=O)(O)Oc1c(-c3c(C(C)C)cc(C(C)C)cc3C(C)C)cc3ccccc3c1-2)C(C)C)C(C)C)C(C)C. The van der Waals surface area contributed by atoms with Gasteiger partial charge in [-0.25, -0.2) is 4.57 Å². The summed E-state index contributed by atoms with van der Waals surface area (Å²) < 4.78 is 27.6. The van der Waals surface area contributed by atoms with Crippen LogP contribution >= 0.6 is 7.82 Å². The van der Waals surface area contributed by atoms with Crippen molar-refractivity contribution < 1.29 is 18.5 Å².